The number of nitrogens with one attached hydrogen (secondary N) is 1. The third kappa shape index (κ3) is 4.09. The molecule has 0 spiro atoms. The summed E-state index contributed by atoms with van der Waals surface area (Å²) in [5.74, 6) is 1.56. The molecule has 5 nitrogen and oxygen atoms in total. The number of benzene rings is 1. The minimum Gasteiger partial charge on any atom is -0.490 e. The second-order valence-corrected chi connectivity index (χ2v) is 6.82. The molecule has 24 heavy (non-hydrogen) atoms. The minimum atomic E-state index is 0.00318. The summed E-state index contributed by atoms with van der Waals surface area (Å²) in [7, 11) is 0. The van der Waals surface area contributed by atoms with E-state index in [0.29, 0.717) is 19.8 Å². The lowest BCUT2D eigenvalue weighted by molar-refractivity contribution is 0.287. The summed E-state index contributed by atoms with van der Waals surface area (Å²) in [6.45, 7) is 12.1. The van der Waals surface area contributed by atoms with Gasteiger partial charge in [-0.25, -0.2) is 0 Å². The van der Waals surface area contributed by atoms with Gasteiger partial charge in [0.1, 0.15) is 0 Å². The molecule has 1 atom stereocenters. The molecule has 0 amide bonds. The zero-order chi connectivity index (χ0) is 17.7. The van der Waals surface area contributed by atoms with Gasteiger partial charge in [-0.05, 0) is 37.6 Å². The van der Waals surface area contributed by atoms with Crippen molar-refractivity contribution in [2.75, 3.05) is 19.8 Å². The van der Waals surface area contributed by atoms with Crippen molar-refractivity contribution < 1.29 is 9.47 Å². The van der Waals surface area contributed by atoms with Crippen LogP contribution in [0.15, 0.2) is 24.3 Å². The van der Waals surface area contributed by atoms with Crippen LogP contribution < -0.4 is 15.2 Å². The van der Waals surface area contributed by atoms with Crippen LogP contribution in [0.1, 0.15) is 57.5 Å². The van der Waals surface area contributed by atoms with Crippen LogP contribution in [0, 0.1) is 0 Å². The maximum atomic E-state index is 6.06. The number of rotatable bonds is 7. The maximum Gasteiger partial charge on any atom is 0.161 e. The van der Waals surface area contributed by atoms with Crippen molar-refractivity contribution in [3.63, 3.8) is 0 Å². The molecule has 1 aromatic heterocycles. The number of nitrogens with zero attached hydrogens (tertiary/aromatic N) is 1. The van der Waals surface area contributed by atoms with Crippen LogP contribution in [-0.4, -0.2) is 30.0 Å². The first-order valence-corrected chi connectivity index (χ1v) is 8.56. The zero-order valence-corrected chi connectivity index (χ0v) is 15.3. The molecule has 1 unspecified atom stereocenters. The molecule has 3 N–H and O–H groups in total. The van der Waals surface area contributed by atoms with E-state index in [1.54, 1.807) is 0 Å². The summed E-state index contributed by atoms with van der Waals surface area (Å²) in [5.41, 5.74) is 9.21. The van der Waals surface area contributed by atoms with Crippen molar-refractivity contribution in [3.8, 4) is 11.5 Å². The summed E-state index contributed by atoms with van der Waals surface area (Å²) >= 11 is 0. The normalized spacial score (nSPS) is 12.9. The number of hydrogen-bond donors (Lipinski definition) is 2. The summed E-state index contributed by atoms with van der Waals surface area (Å²) in [6, 6.07) is 8.12. The van der Waals surface area contributed by atoms with Gasteiger partial charge in [-0.1, -0.05) is 26.8 Å². The topological polar surface area (TPSA) is 73.2 Å². The number of hydrogen-bond acceptors (Lipinski definition) is 4. The maximum absolute atomic E-state index is 6.06. The second kappa shape index (κ2) is 7.71. The zero-order valence-electron chi connectivity index (χ0n) is 15.3. The van der Waals surface area contributed by atoms with Crippen LogP contribution in [-0.2, 0) is 5.41 Å². The Labute approximate surface area is 144 Å². The van der Waals surface area contributed by atoms with Crippen molar-refractivity contribution in [2.24, 2.45) is 5.73 Å². The average Bonchev–Trinajstić information content (AvgIpc) is 3.01. The highest BCUT2D eigenvalue weighted by atomic mass is 16.5. The number of aromatic amines is 1. The Hall–Kier alpha value is -2.01. The molecule has 0 aliphatic rings. The molecular weight excluding hydrogens is 302 g/mol. The number of ether oxygens (including phenoxy) is 2. The van der Waals surface area contributed by atoms with Crippen molar-refractivity contribution in [1.82, 2.24) is 10.2 Å². The first-order valence-electron chi connectivity index (χ1n) is 8.56. The number of H-pyrrole nitrogens is 1. The summed E-state index contributed by atoms with van der Waals surface area (Å²) < 4.78 is 11.4. The monoisotopic (exact) mass is 331 g/mol. The van der Waals surface area contributed by atoms with Crippen molar-refractivity contribution in [3.05, 3.63) is 41.2 Å². The third-order valence-corrected chi connectivity index (χ3v) is 3.95. The van der Waals surface area contributed by atoms with Crippen molar-refractivity contribution >= 4 is 0 Å². The fraction of sp³-hybridized carbons (Fsp3) is 0.526. The van der Waals surface area contributed by atoms with Crippen LogP contribution in [0.5, 0.6) is 11.5 Å². The van der Waals surface area contributed by atoms with Gasteiger partial charge in [0, 0.05) is 23.6 Å². The van der Waals surface area contributed by atoms with E-state index in [-0.39, 0.29) is 11.3 Å². The molecule has 0 aliphatic carbocycles. The van der Waals surface area contributed by atoms with Crippen LogP contribution in [0.25, 0.3) is 0 Å². The highest BCUT2D eigenvalue weighted by molar-refractivity contribution is 5.46. The molecule has 132 valence electrons. The Morgan fingerprint density at radius 2 is 1.75 bits per heavy atom. The molecule has 1 aromatic carbocycles. The first-order chi connectivity index (χ1) is 11.4. The van der Waals surface area contributed by atoms with E-state index in [1.165, 1.54) is 0 Å². The van der Waals surface area contributed by atoms with Gasteiger partial charge >= 0.3 is 0 Å². The fourth-order valence-electron chi connectivity index (χ4n) is 2.63. The van der Waals surface area contributed by atoms with Crippen LogP contribution in [0.2, 0.25) is 0 Å². The highest BCUT2D eigenvalue weighted by Crippen LogP contribution is 2.34. The molecule has 1 heterocycles. The molecule has 2 aromatic rings. The van der Waals surface area contributed by atoms with Crippen LogP contribution in [0.4, 0.5) is 0 Å². The van der Waals surface area contributed by atoms with Crippen LogP contribution in [0.3, 0.4) is 0 Å². The lowest BCUT2D eigenvalue weighted by atomic mass is 9.90. The predicted octanol–water partition coefficient (Wildman–Crippen LogP) is 3.60. The predicted molar refractivity (Wildman–Crippen MR) is 97.0 cm³/mol. The molecule has 2 rings (SSSR count). The van der Waals surface area contributed by atoms with E-state index < -0.39 is 0 Å². The van der Waals surface area contributed by atoms with Gasteiger partial charge in [-0.15, -0.1) is 0 Å². The second-order valence-electron chi connectivity index (χ2n) is 6.82. The van der Waals surface area contributed by atoms with Crippen molar-refractivity contribution in [2.45, 2.75) is 46.0 Å². The van der Waals surface area contributed by atoms with Gasteiger partial charge in [-0.3, -0.25) is 5.10 Å². The standard InChI is InChI=1S/C19H29N3O2/c1-6-23-16-9-8-13(10-17(16)24-7-2)14(12-20)15-11-18(22-21-15)19(3,4)5/h8-11,14H,6-7,12,20H2,1-5H3,(H,21,22). The molecule has 5 heteroatoms. The Balaban J connectivity index is 2.36. The summed E-state index contributed by atoms with van der Waals surface area (Å²) in [6.07, 6.45) is 0. The lowest BCUT2D eigenvalue weighted by Crippen LogP contribution is -2.15. The van der Waals surface area contributed by atoms with Gasteiger partial charge in [0.2, 0.25) is 0 Å². The summed E-state index contributed by atoms with van der Waals surface area (Å²) in [4.78, 5) is 0. The summed E-state index contributed by atoms with van der Waals surface area (Å²) in [5, 5.41) is 7.60. The molecular formula is C19H29N3O2. The quantitative estimate of drug-likeness (QED) is 0.813. The van der Waals surface area contributed by atoms with E-state index in [2.05, 4.69) is 37.0 Å². The Kier molecular flexibility index (Phi) is 5.89. The highest BCUT2D eigenvalue weighted by Gasteiger charge is 2.22. The average molecular weight is 331 g/mol. The Bertz CT molecular complexity index is 659. The largest absolute Gasteiger partial charge is 0.490 e. The number of aromatic nitrogens is 2. The molecule has 0 saturated carbocycles. The van der Waals surface area contributed by atoms with E-state index >= 15 is 0 Å². The molecule has 0 saturated heterocycles. The lowest BCUT2D eigenvalue weighted by Gasteiger charge is -2.17. The van der Waals surface area contributed by atoms with Gasteiger partial charge < -0.3 is 15.2 Å². The van der Waals surface area contributed by atoms with E-state index in [0.717, 1.165) is 28.5 Å². The van der Waals surface area contributed by atoms with Gasteiger partial charge in [-0.2, -0.15) is 5.10 Å². The van der Waals surface area contributed by atoms with Gasteiger partial charge in [0.25, 0.3) is 0 Å². The van der Waals surface area contributed by atoms with E-state index in [4.69, 9.17) is 15.2 Å². The molecule has 0 bridgehead atoms. The fourth-order valence-corrected chi connectivity index (χ4v) is 2.63. The van der Waals surface area contributed by atoms with Crippen LogP contribution >= 0.6 is 0 Å². The Morgan fingerprint density at radius 1 is 1.08 bits per heavy atom. The molecule has 0 aliphatic heterocycles. The molecule has 0 radical (unpaired) electrons. The third-order valence-electron chi connectivity index (χ3n) is 3.95. The van der Waals surface area contributed by atoms with E-state index in [1.807, 2.05) is 32.0 Å². The first kappa shape index (κ1) is 18.3. The smallest absolute Gasteiger partial charge is 0.161 e. The molecule has 0 fully saturated rings. The Morgan fingerprint density at radius 3 is 2.29 bits per heavy atom. The number of nitrogens with two attached hydrogens (primary N) is 1. The van der Waals surface area contributed by atoms with E-state index in [9.17, 15) is 0 Å². The van der Waals surface area contributed by atoms with Gasteiger partial charge in [0.15, 0.2) is 11.5 Å². The SMILES string of the molecule is CCOc1ccc(C(CN)c2cc(C(C)(C)C)n[nH]2)cc1OCC. The van der Waals surface area contributed by atoms with Gasteiger partial charge in [0.05, 0.1) is 18.9 Å². The van der Waals surface area contributed by atoms with Crippen molar-refractivity contribution in [1.29, 1.82) is 0 Å². The minimum absolute atomic E-state index is 0.00318.